The Bertz CT molecular complexity index is 1060. The lowest BCUT2D eigenvalue weighted by molar-refractivity contribution is -0.114. The smallest absolute Gasteiger partial charge is 0.350 e. The fraction of sp³-hybridized carbons (Fsp3) is 0.200. The Morgan fingerprint density at radius 3 is 2.69 bits per heavy atom. The average molecular weight is 447 g/mol. The molecule has 0 bridgehead atoms. The lowest BCUT2D eigenvalue weighted by atomic mass is 10.1. The number of Topliss-reactive ketones (excluding diaryl/α,β-unsaturated/α-hetero) is 1. The van der Waals surface area contributed by atoms with Gasteiger partial charge in [0.15, 0.2) is 12.4 Å². The van der Waals surface area contributed by atoms with E-state index in [-0.39, 0.29) is 18.3 Å². The van der Waals surface area contributed by atoms with Crippen LogP contribution >= 0.6 is 34.4 Å². The van der Waals surface area contributed by atoms with Crippen LogP contribution in [0.2, 0.25) is 0 Å². The molecule has 29 heavy (non-hydrogen) atoms. The molecule has 3 aromatic rings. The summed E-state index contributed by atoms with van der Waals surface area (Å²) < 4.78 is 5.23. The number of nitrogens with one attached hydrogen (secondary N) is 1. The van der Waals surface area contributed by atoms with Crippen molar-refractivity contribution in [2.45, 2.75) is 18.7 Å². The molecule has 0 saturated heterocycles. The third kappa shape index (κ3) is 5.11. The number of benzene rings is 1. The highest BCUT2D eigenvalue weighted by atomic mass is 32.2. The molecule has 0 unspecified atom stereocenters. The number of aryl methyl sites for hydroxylation is 1. The molecule has 0 atom stereocenters. The van der Waals surface area contributed by atoms with Crippen molar-refractivity contribution in [3.05, 3.63) is 51.2 Å². The first-order valence-corrected chi connectivity index (χ1v) is 11.5. The molecule has 0 aliphatic carbocycles. The summed E-state index contributed by atoms with van der Waals surface area (Å²) in [6.07, 6.45) is 1.88. The predicted octanol–water partition coefficient (Wildman–Crippen LogP) is 4.90. The molecule has 0 fully saturated rings. The van der Waals surface area contributed by atoms with E-state index in [0.29, 0.717) is 21.8 Å². The van der Waals surface area contributed by atoms with Crippen molar-refractivity contribution in [1.82, 2.24) is 4.98 Å². The summed E-state index contributed by atoms with van der Waals surface area (Å²) in [7, 11) is 0. The second-order valence-corrected chi connectivity index (χ2v) is 8.67. The van der Waals surface area contributed by atoms with Gasteiger partial charge in [-0.3, -0.25) is 9.59 Å². The van der Waals surface area contributed by atoms with Crippen molar-refractivity contribution in [1.29, 1.82) is 0 Å². The van der Waals surface area contributed by atoms with Crippen LogP contribution in [-0.2, 0) is 9.53 Å². The SMILES string of the molecule is CSc1ccc(C(=O)COC(=O)c2sc(-c3ccsc3)nc2C)cc1NC(C)=O. The number of amides is 1. The molecule has 1 amide bonds. The number of nitrogens with zero attached hydrogens (tertiary/aromatic N) is 1. The number of thioether (sulfide) groups is 1. The maximum absolute atomic E-state index is 12.5. The van der Waals surface area contributed by atoms with Crippen molar-refractivity contribution in [2.24, 2.45) is 0 Å². The number of hydrogen-bond acceptors (Lipinski definition) is 8. The van der Waals surface area contributed by atoms with Crippen molar-refractivity contribution in [3.63, 3.8) is 0 Å². The van der Waals surface area contributed by atoms with E-state index >= 15 is 0 Å². The maximum Gasteiger partial charge on any atom is 0.350 e. The van der Waals surface area contributed by atoms with Crippen LogP contribution in [0.4, 0.5) is 5.69 Å². The van der Waals surface area contributed by atoms with E-state index in [1.54, 1.807) is 36.5 Å². The van der Waals surface area contributed by atoms with Gasteiger partial charge in [0.05, 0.1) is 11.4 Å². The first-order chi connectivity index (χ1) is 13.9. The minimum absolute atomic E-state index is 0.224. The van der Waals surface area contributed by atoms with E-state index in [1.165, 1.54) is 30.0 Å². The van der Waals surface area contributed by atoms with Crippen LogP contribution < -0.4 is 5.32 Å². The van der Waals surface area contributed by atoms with Gasteiger partial charge < -0.3 is 10.1 Å². The third-order valence-corrected chi connectivity index (χ3v) is 6.58. The van der Waals surface area contributed by atoms with Crippen LogP contribution in [0.15, 0.2) is 39.9 Å². The quantitative estimate of drug-likeness (QED) is 0.316. The number of hydrogen-bond donors (Lipinski definition) is 1. The molecule has 0 radical (unpaired) electrons. The van der Waals surface area contributed by atoms with Gasteiger partial charge in [0.25, 0.3) is 0 Å². The summed E-state index contributed by atoms with van der Waals surface area (Å²) in [6.45, 7) is 2.76. The van der Waals surface area contributed by atoms with E-state index in [9.17, 15) is 14.4 Å². The van der Waals surface area contributed by atoms with Crippen LogP contribution in [0.25, 0.3) is 10.6 Å². The lowest BCUT2D eigenvalue weighted by Crippen LogP contribution is -2.15. The van der Waals surface area contributed by atoms with Crippen molar-refractivity contribution < 1.29 is 19.1 Å². The van der Waals surface area contributed by atoms with Crippen molar-refractivity contribution in [2.75, 3.05) is 18.2 Å². The zero-order chi connectivity index (χ0) is 21.0. The van der Waals surface area contributed by atoms with Crippen LogP contribution in [0, 0.1) is 6.92 Å². The average Bonchev–Trinajstić information content (AvgIpc) is 3.35. The molecule has 0 aliphatic rings. The molecular weight excluding hydrogens is 428 g/mol. The van der Waals surface area contributed by atoms with E-state index < -0.39 is 5.97 Å². The molecule has 1 aromatic carbocycles. The Hall–Kier alpha value is -2.49. The largest absolute Gasteiger partial charge is 0.453 e. The molecule has 2 heterocycles. The Labute approximate surface area is 180 Å². The highest BCUT2D eigenvalue weighted by Crippen LogP contribution is 2.30. The van der Waals surface area contributed by atoms with Gasteiger partial charge in [0.2, 0.25) is 5.91 Å². The summed E-state index contributed by atoms with van der Waals surface area (Å²) in [4.78, 5) is 41.9. The fourth-order valence-corrected chi connectivity index (χ4v) is 4.75. The number of rotatable bonds is 7. The van der Waals surface area contributed by atoms with Gasteiger partial charge in [-0.2, -0.15) is 11.3 Å². The van der Waals surface area contributed by atoms with Gasteiger partial charge in [-0.15, -0.1) is 23.1 Å². The first kappa shape index (κ1) is 21.2. The fourth-order valence-electron chi connectivity index (χ4n) is 2.54. The van der Waals surface area contributed by atoms with Gasteiger partial charge in [-0.1, -0.05) is 6.07 Å². The normalized spacial score (nSPS) is 10.6. The number of carbonyl (C=O) groups is 3. The third-order valence-electron chi connectivity index (χ3n) is 3.92. The van der Waals surface area contributed by atoms with E-state index in [4.69, 9.17) is 4.74 Å². The minimum Gasteiger partial charge on any atom is -0.453 e. The summed E-state index contributed by atoms with van der Waals surface area (Å²) in [5, 5.41) is 7.36. The summed E-state index contributed by atoms with van der Waals surface area (Å²) in [5.41, 5.74) is 2.45. The van der Waals surface area contributed by atoms with E-state index in [1.807, 2.05) is 23.1 Å². The van der Waals surface area contributed by atoms with Gasteiger partial charge in [0, 0.05) is 28.3 Å². The molecule has 1 N–H and O–H groups in total. The number of esters is 1. The van der Waals surface area contributed by atoms with E-state index in [2.05, 4.69) is 10.3 Å². The topological polar surface area (TPSA) is 85.4 Å². The number of carbonyl (C=O) groups excluding carboxylic acids is 3. The molecule has 9 heteroatoms. The van der Waals surface area contributed by atoms with Gasteiger partial charge in [0.1, 0.15) is 9.88 Å². The number of ether oxygens (including phenoxy) is 1. The lowest BCUT2D eigenvalue weighted by Gasteiger charge is -2.10. The number of ketones is 1. The van der Waals surface area contributed by atoms with Crippen molar-refractivity contribution >= 4 is 57.8 Å². The molecule has 0 spiro atoms. The van der Waals surface area contributed by atoms with Crippen molar-refractivity contribution in [3.8, 4) is 10.6 Å². The Morgan fingerprint density at radius 2 is 2.03 bits per heavy atom. The monoisotopic (exact) mass is 446 g/mol. The number of anilines is 1. The molecular formula is C20H18N2O4S3. The predicted molar refractivity (Wildman–Crippen MR) is 117 cm³/mol. The van der Waals surface area contributed by atoms with Crippen LogP contribution in [-0.4, -0.2) is 35.5 Å². The van der Waals surface area contributed by atoms with Gasteiger partial charge in [-0.05, 0) is 36.8 Å². The summed E-state index contributed by atoms with van der Waals surface area (Å²) in [6, 6.07) is 6.94. The van der Waals surface area contributed by atoms with Gasteiger partial charge in [-0.25, -0.2) is 9.78 Å². The Balaban J connectivity index is 1.69. The molecule has 2 aromatic heterocycles. The summed E-state index contributed by atoms with van der Waals surface area (Å²) in [5.74, 6) is -1.14. The maximum atomic E-state index is 12.5. The van der Waals surface area contributed by atoms with Gasteiger partial charge >= 0.3 is 5.97 Å². The van der Waals surface area contributed by atoms with E-state index in [0.717, 1.165) is 15.5 Å². The zero-order valence-electron chi connectivity index (χ0n) is 16.0. The molecule has 0 saturated carbocycles. The Kier molecular flexibility index (Phi) is 6.83. The highest BCUT2D eigenvalue weighted by molar-refractivity contribution is 7.98. The standard InChI is InChI=1S/C20H18N2O4S3/c1-11-18(29-19(21-11)14-6-7-28-10-14)20(25)26-9-16(24)13-4-5-17(27-3)15(8-13)22-12(2)23/h4-8,10H,9H2,1-3H3,(H,22,23). The molecule has 6 nitrogen and oxygen atoms in total. The van der Waals surface area contributed by atoms with Crippen LogP contribution in [0.3, 0.4) is 0 Å². The molecule has 150 valence electrons. The molecule has 3 rings (SSSR count). The second-order valence-electron chi connectivity index (χ2n) is 6.04. The number of aromatic nitrogens is 1. The second kappa shape index (κ2) is 9.34. The first-order valence-electron chi connectivity index (χ1n) is 8.55. The Morgan fingerprint density at radius 1 is 1.24 bits per heavy atom. The number of thiophene rings is 1. The molecule has 0 aliphatic heterocycles. The highest BCUT2D eigenvalue weighted by Gasteiger charge is 2.19. The number of thiazole rings is 1. The van der Waals surface area contributed by atoms with Crippen LogP contribution in [0.5, 0.6) is 0 Å². The minimum atomic E-state index is -0.572. The zero-order valence-corrected chi connectivity index (χ0v) is 18.4. The van der Waals surface area contributed by atoms with Crippen LogP contribution in [0.1, 0.15) is 32.6 Å². The summed E-state index contributed by atoms with van der Waals surface area (Å²) >= 11 is 4.26.